The minimum atomic E-state index is 0.0452. The molecule has 0 radical (unpaired) electrons. The first-order valence-electron chi connectivity index (χ1n) is 10.5. The van der Waals surface area contributed by atoms with Crippen LogP contribution in [0.2, 0.25) is 0 Å². The molecule has 3 aliphatic heterocycles. The van der Waals surface area contributed by atoms with Crippen molar-refractivity contribution in [2.45, 2.75) is 19.5 Å². The minimum absolute atomic E-state index is 0.0452. The fraction of sp³-hybridized carbons (Fsp3) is 0.304. The number of fused-ring (bicyclic) bond motifs is 2. The van der Waals surface area contributed by atoms with Gasteiger partial charge >= 0.3 is 0 Å². The Hall–Kier alpha value is -3.61. The molecule has 3 aliphatic rings. The Balaban J connectivity index is 1.38. The van der Waals surface area contributed by atoms with E-state index in [1.807, 2.05) is 18.2 Å². The van der Waals surface area contributed by atoms with Crippen molar-refractivity contribution < 1.29 is 4.79 Å². The van der Waals surface area contributed by atoms with Crippen molar-refractivity contribution in [2.75, 3.05) is 26.2 Å². The summed E-state index contributed by atoms with van der Waals surface area (Å²) in [7, 11) is 0. The van der Waals surface area contributed by atoms with E-state index in [0.29, 0.717) is 25.3 Å². The number of benzene rings is 2. The maximum absolute atomic E-state index is 13.5. The second-order valence-electron chi connectivity index (χ2n) is 7.95. The van der Waals surface area contributed by atoms with Crippen LogP contribution in [0.4, 0.5) is 5.69 Å². The second-order valence-corrected chi connectivity index (χ2v) is 7.95. The summed E-state index contributed by atoms with van der Waals surface area (Å²) in [5.74, 6) is 0.808. The highest BCUT2D eigenvalue weighted by Crippen LogP contribution is 2.32. The number of carbonyl (C=O) groups excluding carboxylic acids is 1. The topological polar surface area (TPSA) is 87.9 Å². The Kier molecular flexibility index (Phi) is 5.16. The second kappa shape index (κ2) is 8.26. The number of hydrogen-bond acceptors (Lipinski definition) is 5. The highest BCUT2D eigenvalue weighted by molar-refractivity contribution is 6.09. The van der Waals surface area contributed by atoms with Gasteiger partial charge in [-0.15, -0.1) is 0 Å². The van der Waals surface area contributed by atoms with Gasteiger partial charge in [-0.3, -0.25) is 19.6 Å². The summed E-state index contributed by atoms with van der Waals surface area (Å²) in [6.07, 6.45) is 0.863. The van der Waals surface area contributed by atoms with Crippen LogP contribution in [-0.4, -0.2) is 52.7 Å². The van der Waals surface area contributed by atoms with Gasteiger partial charge in [0.15, 0.2) is 0 Å². The van der Waals surface area contributed by atoms with E-state index in [-0.39, 0.29) is 5.91 Å². The van der Waals surface area contributed by atoms with Crippen LogP contribution in [-0.2, 0) is 17.9 Å². The zero-order valence-electron chi connectivity index (χ0n) is 17.2. The number of amides is 1. The average Bonchev–Trinajstić information content (AvgIpc) is 3.29. The Bertz CT molecular complexity index is 1100. The molecule has 0 saturated heterocycles. The predicted molar refractivity (Wildman–Crippen MR) is 118 cm³/mol. The molecule has 0 bridgehead atoms. The van der Waals surface area contributed by atoms with E-state index in [0.717, 1.165) is 48.8 Å². The molecule has 5 rings (SSSR count). The number of hydrogen-bond donors (Lipinski definition) is 0. The standard InChI is InChI=1S/C23H23N7O/c24-27-26-19-8-6-18(7-9-19)15-30-22(31)20-16-28(14-17-4-2-1-3-5-17)12-10-21(20)29-13-11-25-23(29)30/h1-9H,10-16H2. The van der Waals surface area contributed by atoms with E-state index < -0.39 is 0 Å². The van der Waals surface area contributed by atoms with Crippen molar-refractivity contribution in [1.82, 2.24) is 14.7 Å². The van der Waals surface area contributed by atoms with E-state index in [1.54, 1.807) is 17.0 Å². The lowest BCUT2D eigenvalue weighted by molar-refractivity contribution is -0.125. The summed E-state index contributed by atoms with van der Waals surface area (Å²) in [5, 5.41) is 3.61. The molecular weight excluding hydrogens is 390 g/mol. The molecule has 0 fully saturated rings. The molecular formula is C23H23N7O. The number of nitrogens with zero attached hydrogens (tertiary/aromatic N) is 7. The third-order valence-electron chi connectivity index (χ3n) is 5.97. The van der Waals surface area contributed by atoms with Crippen molar-refractivity contribution in [3.05, 3.63) is 87.4 Å². The third kappa shape index (κ3) is 3.79. The van der Waals surface area contributed by atoms with E-state index in [4.69, 9.17) is 5.53 Å². The maximum atomic E-state index is 13.5. The molecule has 8 nitrogen and oxygen atoms in total. The molecule has 2 aromatic carbocycles. The predicted octanol–water partition coefficient (Wildman–Crippen LogP) is 3.80. The van der Waals surface area contributed by atoms with E-state index in [9.17, 15) is 4.79 Å². The summed E-state index contributed by atoms with van der Waals surface area (Å²) in [5.41, 5.74) is 13.4. The third-order valence-corrected chi connectivity index (χ3v) is 5.97. The van der Waals surface area contributed by atoms with Crippen LogP contribution in [0, 0.1) is 0 Å². The number of rotatable bonds is 5. The Labute approximate surface area is 180 Å². The molecule has 3 heterocycles. The monoisotopic (exact) mass is 413 g/mol. The van der Waals surface area contributed by atoms with E-state index in [1.165, 1.54) is 5.56 Å². The first-order valence-corrected chi connectivity index (χ1v) is 10.5. The lowest BCUT2D eigenvalue weighted by Gasteiger charge is -2.42. The van der Waals surface area contributed by atoms with E-state index in [2.05, 4.69) is 49.1 Å². The van der Waals surface area contributed by atoms with Gasteiger partial charge in [0.1, 0.15) is 0 Å². The van der Waals surface area contributed by atoms with Crippen LogP contribution in [0.15, 0.2) is 76.0 Å². The molecule has 0 unspecified atom stereocenters. The van der Waals surface area contributed by atoms with Gasteiger partial charge in [0.2, 0.25) is 5.96 Å². The fourth-order valence-electron chi connectivity index (χ4n) is 4.49. The Morgan fingerprint density at radius 2 is 1.77 bits per heavy atom. The molecule has 1 amide bonds. The SMILES string of the molecule is [N-]=[N+]=Nc1ccc(CN2C(=O)C3=C(CCN(Cc4ccccc4)C3)N3CCN=C23)cc1. The average molecular weight is 413 g/mol. The lowest BCUT2D eigenvalue weighted by atomic mass is 10.00. The van der Waals surface area contributed by atoms with Gasteiger partial charge in [0, 0.05) is 48.9 Å². The van der Waals surface area contributed by atoms with Crippen LogP contribution in [0.25, 0.3) is 10.4 Å². The molecule has 0 saturated carbocycles. The van der Waals surface area contributed by atoms with Gasteiger partial charge in [0.25, 0.3) is 5.91 Å². The van der Waals surface area contributed by atoms with Crippen LogP contribution in [0.1, 0.15) is 17.5 Å². The maximum Gasteiger partial charge on any atom is 0.259 e. The molecule has 0 atom stereocenters. The fourth-order valence-corrected chi connectivity index (χ4v) is 4.49. The van der Waals surface area contributed by atoms with Crippen LogP contribution >= 0.6 is 0 Å². The van der Waals surface area contributed by atoms with Crippen LogP contribution in [0.5, 0.6) is 0 Å². The summed E-state index contributed by atoms with van der Waals surface area (Å²) in [4.78, 5) is 27.4. The smallest absolute Gasteiger partial charge is 0.259 e. The van der Waals surface area contributed by atoms with Crippen LogP contribution in [0.3, 0.4) is 0 Å². The summed E-state index contributed by atoms with van der Waals surface area (Å²) in [6, 6.07) is 17.7. The summed E-state index contributed by atoms with van der Waals surface area (Å²) >= 11 is 0. The van der Waals surface area contributed by atoms with Gasteiger partial charge in [-0.25, -0.2) is 0 Å². The van der Waals surface area contributed by atoms with Gasteiger partial charge in [-0.2, -0.15) is 0 Å². The minimum Gasteiger partial charge on any atom is -0.314 e. The highest BCUT2D eigenvalue weighted by Gasteiger charge is 2.40. The normalized spacial score (nSPS) is 18.5. The van der Waals surface area contributed by atoms with Gasteiger partial charge in [-0.1, -0.05) is 59.7 Å². The molecule has 8 heteroatoms. The highest BCUT2D eigenvalue weighted by atomic mass is 16.2. The molecule has 0 spiro atoms. The number of azide groups is 1. The lowest BCUT2D eigenvalue weighted by Crippen LogP contribution is -2.53. The van der Waals surface area contributed by atoms with Crippen molar-refractivity contribution >= 4 is 17.6 Å². The van der Waals surface area contributed by atoms with Gasteiger partial charge in [0.05, 0.1) is 18.7 Å². The summed E-state index contributed by atoms with van der Waals surface area (Å²) in [6.45, 7) is 4.41. The molecule has 0 aliphatic carbocycles. The zero-order valence-corrected chi connectivity index (χ0v) is 17.2. The number of guanidine groups is 1. The van der Waals surface area contributed by atoms with Crippen LogP contribution < -0.4 is 0 Å². The first kappa shape index (κ1) is 19.4. The molecule has 31 heavy (non-hydrogen) atoms. The number of aliphatic imine (C=N–C) groups is 1. The molecule has 156 valence electrons. The van der Waals surface area contributed by atoms with Crippen molar-refractivity contribution in [1.29, 1.82) is 0 Å². The van der Waals surface area contributed by atoms with Crippen molar-refractivity contribution in [2.24, 2.45) is 10.1 Å². The van der Waals surface area contributed by atoms with Crippen molar-refractivity contribution in [3.8, 4) is 0 Å². The van der Waals surface area contributed by atoms with Crippen molar-refractivity contribution in [3.63, 3.8) is 0 Å². The van der Waals surface area contributed by atoms with E-state index >= 15 is 0 Å². The number of carbonyl (C=O) groups is 1. The largest absolute Gasteiger partial charge is 0.314 e. The molecule has 0 N–H and O–H groups in total. The molecule has 2 aromatic rings. The van der Waals surface area contributed by atoms with Gasteiger partial charge < -0.3 is 4.90 Å². The Morgan fingerprint density at radius 1 is 1.00 bits per heavy atom. The molecule has 0 aromatic heterocycles. The van der Waals surface area contributed by atoms with Gasteiger partial charge in [-0.05, 0) is 16.7 Å². The summed E-state index contributed by atoms with van der Waals surface area (Å²) < 4.78 is 0. The first-order chi connectivity index (χ1) is 15.2. The Morgan fingerprint density at radius 3 is 2.55 bits per heavy atom. The quantitative estimate of drug-likeness (QED) is 0.424. The zero-order chi connectivity index (χ0) is 21.2.